The molecule has 0 saturated heterocycles. The molecule has 0 saturated carbocycles. The van der Waals surface area contributed by atoms with Crippen LogP contribution < -0.4 is 16.4 Å². The van der Waals surface area contributed by atoms with Crippen molar-refractivity contribution in [2.75, 3.05) is 16.4 Å². The molecule has 33 heavy (non-hydrogen) atoms. The fourth-order valence-electron chi connectivity index (χ4n) is 3.68. The Morgan fingerprint density at radius 2 is 1.76 bits per heavy atom. The second-order valence-corrected chi connectivity index (χ2v) is 7.76. The summed E-state index contributed by atoms with van der Waals surface area (Å²) in [6.07, 6.45) is 3.77. The minimum absolute atomic E-state index is 0.208. The molecule has 0 atom stereocenters. The van der Waals surface area contributed by atoms with E-state index < -0.39 is 0 Å². The van der Waals surface area contributed by atoms with Gasteiger partial charge in [0.25, 0.3) is 5.91 Å². The van der Waals surface area contributed by atoms with Gasteiger partial charge < -0.3 is 21.4 Å². The van der Waals surface area contributed by atoms with Crippen molar-refractivity contribution in [3.8, 4) is 11.3 Å². The average molecular weight is 435 g/mol. The zero-order valence-corrected chi connectivity index (χ0v) is 18.0. The van der Waals surface area contributed by atoms with E-state index in [1.807, 2.05) is 55.6 Å². The van der Waals surface area contributed by atoms with Crippen LogP contribution >= 0.6 is 0 Å². The minimum atomic E-state index is -0.208. The van der Waals surface area contributed by atoms with Crippen LogP contribution in [0.5, 0.6) is 0 Å². The van der Waals surface area contributed by atoms with Gasteiger partial charge in [-0.25, -0.2) is 9.97 Å². The number of anilines is 4. The van der Waals surface area contributed by atoms with Gasteiger partial charge in [0, 0.05) is 51.5 Å². The van der Waals surface area contributed by atoms with Gasteiger partial charge >= 0.3 is 0 Å². The lowest BCUT2D eigenvalue weighted by atomic mass is 10.1. The molecule has 7 heteroatoms. The standard InChI is InChI=1S/C26H22N6O/c1-16-14-29-26(32-24(16)22-15-28-23-8-3-2-7-21(22)23)31-20-6-4-5-19(13-20)30-25(33)17-9-11-18(27)12-10-17/h2-15,28H,27H2,1H3,(H,30,33)(H,29,31,32). The molecule has 5 N–H and O–H groups in total. The first-order valence-electron chi connectivity index (χ1n) is 10.5. The van der Waals surface area contributed by atoms with Gasteiger partial charge in [0.2, 0.25) is 5.95 Å². The molecule has 0 aliphatic heterocycles. The fraction of sp³-hybridized carbons (Fsp3) is 0.0385. The summed E-state index contributed by atoms with van der Waals surface area (Å²) < 4.78 is 0. The van der Waals surface area contributed by atoms with Gasteiger partial charge in [-0.05, 0) is 61.0 Å². The zero-order valence-electron chi connectivity index (χ0n) is 18.0. The summed E-state index contributed by atoms with van der Waals surface area (Å²) in [7, 11) is 0. The van der Waals surface area contributed by atoms with Gasteiger partial charge in [0.15, 0.2) is 0 Å². The summed E-state index contributed by atoms with van der Waals surface area (Å²) >= 11 is 0. The summed E-state index contributed by atoms with van der Waals surface area (Å²) in [5.41, 5.74) is 12.2. The number of rotatable bonds is 5. The molecule has 0 bridgehead atoms. The van der Waals surface area contributed by atoms with Crippen molar-refractivity contribution >= 4 is 39.8 Å². The highest BCUT2D eigenvalue weighted by Gasteiger charge is 2.12. The molecule has 7 nitrogen and oxygen atoms in total. The lowest BCUT2D eigenvalue weighted by molar-refractivity contribution is 0.102. The van der Waals surface area contributed by atoms with Gasteiger partial charge in [-0.3, -0.25) is 4.79 Å². The van der Waals surface area contributed by atoms with Crippen molar-refractivity contribution in [3.05, 3.63) is 96.3 Å². The number of carbonyl (C=O) groups excluding carboxylic acids is 1. The SMILES string of the molecule is Cc1cnc(Nc2cccc(NC(=O)c3ccc(N)cc3)c2)nc1-c1c[nH]c2ccccc12. The van der Waals surface area contributed by atoms with Crippen LogP contribution in [-0.2, 0) is 0 Å². The number of carbonyl (C=O) groups is 1. The molecule has 2 aromatic heterocycles. The molecule has 5 aromatic rings. The van der Waals surface area contributed by atoms with Crippen LogP contribution in [0, 0.1) is 6.92 Å². The van der Waals surface area contributed by atoms with Gasteiger partial charge in [-0.1, -0.05) is 24.3 Å². The normalized spacial score (nSPS) is 10.8. The monoisotopic (exact) mass is 434 g/mol. The number of aryl methyl sites for hydroxylation is 1. The lowest BCUT2D eigenvalue weighted by Crippen LogP contribution is -2.12. The van der Waals surface area contributed by atoms with Crippen LogP contribution in [0.2, 0.25) is 0 Å². The zero-order chi connectivity index (χ0) is 22.8. The van der Waals surface area contributed by atoms with E-state index in [0.29, 0.717) is 22.9 Å². The first-order valence-corrected chi connectivity index (χ1v) is 10.5. The Morgan fingerprint density at radius 3 is 2.61 bits per heavy atom. The number of hydrogen-bond acceptors (Lipinski definition) is 5. The minimum Gasteiger partial charge on any atom is -0.399 e. The Morgan fingerprint density at radius 1 is 0.970 bits per heavy atom. The second-order valence-electron chi connectivity index (χ2n) is 7.76. The fourth-order valence-corrected chi connectivity index (χ4v) is 3.68. The average Bonchev–Trinajstić information content (AvgIpc) is 3.25. The number of nitrogen functional groups attached to an aromatic ring is 1. The van der Waals surface area contributed by atoms with Crippen LogP contribution in [0.4, 0.5) is 23.0 Å². The lowest BCUT2D eigenvalue weighted by Gasteiger charge is -2.11. The molecule has 1 amide bonds. The Kier molecular flexibility index (Phi) is 5.20. The van der Waals surface area contributed by atoms with Crippen LogP contribution in [-0.4, -0.2) is 20.9 Å². The first kappa shape index (κ1) is 20.3. The topological polar surface area (TPSA) is 109 Å². The number of nitrogens with one attached hydrogen (secondary N) is 3. The van der Waals surface area contributed by atoms with E-state index in [4.69, 9.17) is 10.7 Å². The second kappa shape index (κ2) is 8.47. The predicted octanol–water partition coefficient (Wildman–Crippen LogP) is 5.51. The molecular weight excluding hydrogens is 412 g/mol. The Labute approximate surface area is 190 Å². The third-order valence-electron chi connectivity index (χ3n) is 5.37. The number of amides is 1. The maximum atomic E-state index is 12.5. The molecule has 5 rings (SSSR count). The third kappa shape index (κ3) is 4.24. The molecule has 0 radical (unpaired) electrons. The maximum Gasteiger partial charge on any atom is 0.255 e. The third-order valence-corrected chi connectivity index (χ3v) is 5.37. The molecule has 2 heterocycles. The number of nitrogens with zero attached hydrogens (tertiary/aromatic N) is 2. The largest absolute Gasteiger partial charge is 0.399 e. The number of aromatic nitrogens is 3. The van der Waals surface area contributed by atoms with Crippen LogP contribution in [0.15, 0.2) is 85.2 Å². The molecule has 0 aliphatic rings. The number of nitrogens with two attached hydrogens (primary N) is 1. The van der Waals surface area contributed by atoms with E-state index in [-0.39, 0.29) is 5.91 Å². The molecule has 3 aromatic carbocycles. The van der Waals surface area contributed by atoms with E-state index in [9.17, 15) is 4.79 Å². The highest BCUT2D eigenvalue weighted by Crippen LogP contribution is 2.30. The molecule has 0 spiro atoms. The Balaban J connectivity index is 1.38. The summed E-state index contributed by atoms with van der Waals surface area (Å²) in [5, 5.41) is 7.25. The number of hydrogen-bond donors (Lipinski definition) is 4. The van der Waals surface area contributed by atoms with Gasteiger partial charge in [0.1, 0.15) is 0 Å². The van der Waals surface area contributed by atoms with Crippen molar-refractivity contribution in [1.82, 2.24) is 15.0 Å². The predicted molar refractivity (Wildman–Crippen MR) is 133 cm³/mol. The molecule has 0 fully saturated rings. The van der Waals surface area contributed by atoms with E-state index in [1.165, 1.54) is 0 Å². The summed E-state index contributed by atoms with van der Waals surface area (Å²) in [5.74, 6) is 0.267. The highest BCUT2D eigenvalue weighted by molar-refractivity contribution is 6.04. The summed E-state index contributed by atoms with van der Waals surface area (Å²) in [6.45, 7) is 1.99. The Hall–Kier alpha value is -4.65. The van der Waals surface area contributed by atoms with E-state index >= 15 is 0 Å². The van der Waals surface area contributed by atoms with E-state index in [0.717, 1.165) is 33.4 Å². The van der Waals surface area contributed by atoms with Crippen molar-refractivity contribution in [1.29, 1.82) is 0 Å². The van der Waals surface area contributed by atoms with Gasteiger partial charge in [0.05, 0.1) is 5.69 Å². The Bertz CT molecular complexity index is 1460. The number of fused-ring (bicyclic) bond motifs is 1. The number of benzene rings is 3. The smallest absolute Gasteiger partial charge is 0.255 e. The highest BCUT2D eigenvalue weighted by atomic mass is 16.1. The molecule has 0 unspecified atom stereocenters. The first-order chi connectivity index (χ1) is 16.1. The van der Waals surface area contributed by atoms with Gasteiger partial charge in [-0.2, -0.15) is 0 Å². The van der Waals surface area contributed by atoms with Crippen LogP contribution in [0.3, 0.4) is 0 Å². The summed E-state index contributed by atoms with van der Waals surface area (Å²) in [6, 6.07) is 22.3. The molecular formula is C26H22N6O. The number of para-hydroxylation sites is 1. The number of H-pyrrole nitrogens is 1. The molecule has 162 valence electrons. The van der Waals surface area contributed by atoms with Crippen LogP contribution in [0.1, 0.15) is 15.9 Å². The quantitative estimate of drug-likeness (QED) is 0.273. The van der Waals surface area contributed by atoms with Gasteiger partial charge in [-0.15, -0.1) is 0 Å². The molecule has 0 aliphatic carbocycles. The summed E-state index contributed by atoms with van der Waals surface area (Å²) in [4.78, 5) is 25.0. The van der Waals surface area contributed by atoms with Crippen molar-refractivity contribution in [2.24, 2.45) is 0 Å². The van der Waals surface area contributed by atoms with E-state index in [1.54, 1.807) is 30.5 Å². The van der Waals surface area contributed by atoms with Crippen molar-refractivity contribution in [3.63, 3.8) is 0 Å². The van der Waals surface area contributed by atoms with Crippen LogP contribution in [0.25, 0.3) is 22.2 Å². The number of aromatic amines is 1. The van der Waals surface area contributed by atoms with Crippen molar-refractivity contribution < 1.29 is 4.79 Å². The van der Waals surface area contributed by atoms with E-state index in [2.05, 4.69) is 26.7 Å². The maximum absolute atomic E-state index is 12.5. The van der Waals surface area contributed by atoms with Crippen molar-refractivity contribution in [2.45, 2.75) is 6.92 Å².